The Hall–Kier alpha value is -1.29. The molecular formula is C13H19NO3. The maximum Gasteiger partial charge on any atom is 0.337 e. The number of aromatic nitrogens is 1. The monoisotopic (exact) mass is 237 g/mol. The van der Waals surface area contributed by atoms with E-state index in [-0.39, 0.29) is 5.60 Å². The summed E-state index contributed by atoms with van der Waals surface area (Å²) in [4.78, 5) is 11.1. The molecule has 0 amide bonds. The van der Waals surface area contributed by atoms with Gasteiger partial charge in [-0.25, -0.2) is 4.79 Å². The Kier molecular flexibility index (Phi) is 3.00. The van der Waals surface area contributed by atoms with Crippen molar-refractivity contribution in [1.29, 1.82) is 0 Å². The minimum absolute atomic E-state index is 0.148. The van der Waals surface area contributed by atoms with Crippen LogP contribution in [-0.4, -0.2) is 27.9 Å². The average molecular weight is 237 g/mol. The Bertz CT molecular complexity index is 442. The molecule has 2 rings (SSSR count). The molecule has 1 aromatic heterocycles. The molecule has 0 aliphatic carbocycles. The predicted molar refractivity (Wildman–Crippen MR) is 64.5 cm³/mol. The maximum atomic E-state index is 11.1. The van der Waals surface area contributed by atoms with E-state index in [1.165, 1.54) is 0 Å². The van der Waals surface area contributed by atoms with Crippen LogP contribution < -0.4 is 0 Å². The van der Waals surface area contributed by atoms with E-state index in [1.807, 2.05) is 13.8 Å². The van der Waals surface area contributed by atoms with Gasteiger partial charge in [0.05, 0.1) is 17.7 Å². The molecule has 1 aromatic rings. The lowest BCUT2D eigenvalue weighted by Gasteiger charge is -2.25. The molecule has 2 heterocycles. The van der Waals surface area contributed by atoms with Gasteiger partial charge in [-0.2, -0.15) is 0 Å². The zero-order valence-electron chi connectivity index (χ0n) is 10.6. The van der Waals surface area contributed by atoms with Gasteiger partial charge < -0.3 is 14.4 Å². The van der Waals surface area contributed by atoms with E-state index in [2.05, 4.69) is 11.5 Å². The number of carboxylic acid groups (broad SMARTS) is 1. The molecule has 0 radical (unpaired) electrons. The molecule has 1 unspecified atom stereocenters. The van der Waals surface area contributed by atoms with Gasteiger partial charge >= 0.3 is 5.97 Å². The highest BCUT2D eigenvalue weighted by atomic mass is 16.5. The quantitative estimate of drug-likeness (QED) is 0.878. The molecule has 1 N–H and O–H groups in total. The second kappa shape index (κ2) is 4.18. The van der Waals surface area contributed by atoms with Gasteiger partial charge in [0.1, 0.15) is 0 Å². The van der Waals surface area contributed by atoms with Gasteiger partial charge in [-0.1, -0.05) is 0 Å². The van der Waals surface area contributed by atoms with Gasteiger partial charge in [0.2, 0.25) is 0 Å². The number of aromatic carboxylic acids is 1. The fourth-order valence-electron chi connectivity index (χ4n) is 2.56. The number of aryl methyl sites for hydroxylation is 1. The lowest BCUT2D eigenvalue weighted by atomic mass is 10.0. The molecule has 1 atom stereocenters. The summed E-state index contributed by atoms with van der Waals surface area (Å²) in [5.74, 6) is -0.859. The van der Waals surface area contributed by atoms with Crippen molar-refractivity contribution in [3.8, 4) is 0 Å². The highest BCUT2D eigenvalue weighted by molar-refractivity contribution is 5.89. The maximum absolute atomic E-state index is 11.1. The van der Waals surface area contributed by atoms with Gasteiger partial charge in [-0.15, -0.1) is 0 Å². The number of ether oxygens (including phenoxy) is 1. The van der Waals surface area contributed by atoms with Crippen LogP contribution in [0.1, 0.15) is 41.5 Å². The standard InChI is InChI=1S/C13H19NO3/c1-9-7-11(12(15)16)10(2)14(9)8-13(3)5-4-6-17-13/h7H,4-6,8H2,1-3H3,(H,15,16). The summed E-state index contributed by atoms with van der Waals surface area (Å²) in [5, 5.41) is 9.08. The van der Waals surface area contributed by atoms with Gasteiger partial charge in [0, 0.05) is 18.0 Å². The molecule has 0 aromatic carbocycles. The highest BCUT2D eigenvalue weighted by Crippen LogP contribution is 2.29. The second-order valence-corrected chi connectivity index (χ2v) is 5.08. The first kappa shape index (κ1) is 12.2. The van der Waals surface area contributed by atoms with Crippen molar-refractivity contribution in [3.63, 3.8) is 0 Å². The van der Waals surface area contributed by atoms with Gasteiger partial charge in [0.15, 0.2) is 0 Å². The van der Waals surface area contributed by atoms with Crippen molar-refractivity contribution >= 4 is 5.97 Å². The smallest absolute Gasteiger partial charge is 0.337 e. The Balaban J connectivity index is 2.29. The van der Waals surface area contributed by atoms with Crippen LogP contribution in [0.2, 0.25) is 0 Å². The van der Waals surface area contributed by atoms with Gasteiger partial charge in [-0.05, 0) is 39.7 Å². The summed E-state index contributed by atoms with van der Waals surface area (Å²) in [6.45, 7) is 7.44. The molecular weight excluding hydrogens is 218 g/mol. The van der Waals surface area contributed by atoms with Crippen LogP contribution in [0.25, 0.3) is 0 Å². The molecule has 0 saturated carbocycles. The van der Waals surface area contributed by atoms with Crippen LogP contribution in [-0.2, 0) is 11.3 Å². The first-order valence-electron chi connectivity index (χ1n) is 5.97. The molecule has 4 nitrogen and oxygen atoms in total. The molecule has 1 fully saturated rings. The predicted octanol–water partition coefficient (Wildman–Crippen LogP) is 2.37. The summed E-state index contributed by atoms with van der Waals surface area (Å²) in [7, 11) is 0. The minimum atomic E-state index is -0.859. The van der Waals surface area contributed by atoms with Gasteiger partial charge in [-0.3, -0.25) is 0 Å². The Morgan fingerprint density at radius 2 is 2.29 bits per heavy atom. The second-order valence-electron chi connectivity index (χ2n) is 5.08. The normalized spacial score (nSPS) is 24.2. The van der Waals surface area contributed by atoms with Crippen LogP contribution in [0.3, 0.4) is 0 Å². The topological polar surface area (TPSA) is 51.5 Å². The molecule has 1 aliphatic rings. The molecule has 17 heavy (non-hydrogen) atoms. The Morgan fingerprint density at radius 3 is 2.76 bits per heavy atom. The fraction of sp³-hybridized carbons (Fsp3) is 0.615. The van der Waals surface area contributed by atoms with Crippen molar-refractivity contribution in [2.75, 3.05) is 6.61 Å². The van der Waals surface area contributed by atoms with E-state index < -0.39 is 5.97 Å². The van der Waals surface area contributed by atoms with Crippen molar-refractivity contribution in [2.24, 2.45) is 0 Å². The molecule has 4 heteroatoms. The summed E-state index contributed by atoms with van der Waals surface area (Å²) < 4.78 is 7.81. The average Bonchev–Trinajstić information content (AvgIpc) is 2.78. The summed E-state index contributed by atoms with van der Waals surface area (Å²) >= 11 is 0. The third-order valence-electron chi connectivity index (χ3n) is 3.60. The fourth-order valence-corrected chi connectivity index (χ4v) is 2.56. The van der Waals surface area contributed by atoms with Crippen molar-refractivity contribution in [2.45, 2.75) is 45.8 Å². The lowest BCUT2D eigenvalue weighted by Crippen LogP contribution is -2.30. The molecule has 94 valence electrons. The van der Waals surface area contributed by atoms with Crippen LogP contribution >= 0.6 is 0 Å². The van der Waals surface area contributed by atoms with Crippen molar-refractivity contribution < 1.29 is 14.6 Å². The first-order chi connectivity index (χ1) is 7.93. The largest absolute Gasteiger partial charge is 0.478 e. The first-order valence-corrected chi connectivity index (χ1v) is 5.97. The van der Waals surface area contributed by atoms with E-state index in [1.54, 1.807) is 6.07 Å². The van der Waals surface area contributed by atoms with Crippen LogP contribution in [0.15, 0.2) is 6.07 Å². The van der Waals surface area contributed by atoms with Gasteiger partial charge in [0.25, 0.3) is 0 Å². The highest BCUT2D eigenvalue weighted by Gasteiger charge is 2.31. The lowest BCUT2D eigenvalue weighted by molar-refractivity contribution is 0.00545. The van der Waals surface area contributed by atoms with E-state index in [0.29, 0.717) is 5.56 Å². The minimum Gasteiger partial charge on any atom is -0.478 e. The SMILES string of the molecule is Cc1cc(C(=O)O)c(C)n1CC1(C)CCCO1. The summed E-state index contributed by atoms with van der Waals surface area (Å²) in [6.07, 6.45) is 2.12. The van der Waals surface area contributed by atoms with Crippen LogP contribution in [0, 0.1) is 13.8 Å². The number of hydrogen-bond acceptors (Lipinski definition) is 2. The molecule has 0 bridgehead atoms. The van der Waals surface area contributed by atoms with Crippen molar-refractivity contribution in [3.05, 3.63) is 23.0 Å². The van der Waals surface area contributed by atoms with Crippen LogP contribution in [0.5, 0.6) is 0 Å². The summed E-state index contributed by atoms with van der Waals surface area (Å²) in [5.41, 5.74) is 2.04. The zero-order valence-corrected chi connectivity index (χ0v) is 10.6. The van der Waals surface area contributed by atoms with E-state index >= 15 is 0 Å². The van der Waals surface area contributed by atoms with Crippen LogP contribution in [0.4, 0.5) is 0 Å². The Labute approximate surface area is 101 Å². The third-order valence-corrected chi connectivity index (χ3v) is 3.60. The number of carbonyl (C=O) groups is 1. The molecule has 1 saturated heterocycles. The van der Waals surface area contributed by atoms with E-state index in [9.17, 15) is 4.79 Å². The Morgan fingerprint density at radius 1 is 1.59 bits per heavy atom. The molecule has 0 spiro atoms. The molecule has 1 aliphatic heterocycles. The number of nitrogens with zero attached hydrogens (tertiary/aromatic N) is 1. The summed E-state index contributed by atoms with van der Waals surface area (Å²) in [6, 6.07) is 1.73. The van der Waals surface area contributed by atoms with E-state index in [4.69, 9.17) is 9.84 Å². The zero-order chi connectivity index (χ0) is 12.6. The third kappa shape index (κ3) is 2.22. The van der Waals surface area contributed by atoms with Crippen molar-refractivity contribution in [1.82, 2.24) is 4.57 Å². The number of hydrogen-bond donors (Lipinski definition) is 1. The number of carboxylic acids is 1. The number of rotatable bonds is 3. The van der Waals surface area contributed by atoms with E-state index in [0.717, 1.165) is 37.4 Å².